The average Bonchev–Trinajstić information content (AvgIpc) is 2.39. The van der Waals surface area contributed by atoms with Crippen molar-refractivity contribution in [3.63, 3.8) is 0 Å². The fourth-order valence-corrected chi connectivity index (χ4v) is 2.74. The molecule has 0 unspecified atom stereocenters. The molecule has 1 aromatic rings. The maximum Gasteiger partial charge on any atom is 0.258 e. The van der Waals surface area contributed by atoms with Crippen molar-refractivity contribution in [1.29, 1.82) is 0 Å². The van der Waals surface area contributed by atoms with Crippen molar-refractivity contribution in [1.82, 2.24) is 10.6 Å². The number of benzene rings is 1. The van der Waals surface area contributed by atoms with Gasteiger partial charge in [-0.15, -0.1) is 0 Å². The highest BCUT2D eigenvalue weighted by molar-refractivity contribution is 5.98. The van der Waals surface area contributed by atoms with E-state index in [1.165, 1.54) is 5.56 Å². The van der Waals surface area contributed by atoms with Crippen LogP contribution in [0.2, 0.25) is 0 Å². The number of hydrogen-bond acceptors (Lipinski definition) is 3. The number of piperidine rings is 1. The van der Waals surface area contributed by atoms with Gasteiger partial charge in [0.25, 0.3) is 5.91 Å². The third-order valence-electron chi connectivity index (χ3n) is 3.97. The minimum atomic E-state index is -0.505. The molecule has 2 heterocycles. The molecule has 1 aromatic carbocycles. The second-order valence-corrected chi connectivity index (χ2v) is 5.71. The third-order valence-corrected chi connectivity index (χ3v) is 3.97. The van der Waals surface area contributed by atoms with Crippen LogP contribution in [0.3, 0.4) is 0 Å². The zero-order valence-electron chi connectivity index (χ0n) is 11.5. The van der Waals surface area contributed by atoms with E-state index in [1.807, 2.05) is 12.1 Å². The molecule has 4 nitrogen and oxygen atoms in total. The van der Waals surface area contributed by atoms with Crippen LogP contribution in [0.5, 0.6) is 5.75 Å². The van der Waals surface area contributed by atoms with Gasteiger partial charge in [-0.25, -0.2) is 0 Å². The van der Waals surface area contributed by atoms with E-state index < -0.39 is 5.72 Å². The summed E-state index contributed by atoms with van der Waals surface area (Å²) in [4.78, 5) is 12.3. The van der Waals surface area contributed by atoms with Crippen molar-refractivity contribution < 1.29 is 9.53 Å². The van der Waals surface area contributed by atoms with Crippen molar-refractivity contribution in [2.75, 3.05) is 13.1 Å². The van der Waals surface area contributed by atoms with Crippen molar-refractivity contribution in [2.45, 2.75) is 38.3 Å². The number of fused-ring (bicyclic) bond motifs is 1. The lowest BCUT2D eigenvalue weighted by Gasteiger charge is -2.41. The summed E-state index contributed by atoms with van der Waals surface area (Å²) in [7, 11) is 0. The third kappa shape index (κ3) is 2.21. The van der Waals surface area contributed by atoms with E-state index in [9.17, 15) is 4.79 Å². The quantitative estimate of drug-likeness (QED) is 0.812. The number of nitrogens with one attached hydrogen (secondary N) is 2. The van der Waals surface area contributed by atoms with Gasteiger partial charge in [-0.3, -0.25) is 4.79 Å². The Morgan fingerprint density at radius 1 is 1.26 bits per heavy atom. The summed E-state index contributed by atoms with van der Waals surface area (Å²) in [5, 5.41) is 6.34. The van der Waals surface area contributed by atoms with Gasteiger partial charge < -0.3 is 15.4 Å². The Morgan fingerprint density at radius 3 is 2.68 bits per heavy atom. The van der Waals surface area contributed by atoms with Crippen molar-refractivity contribution in [2.24, 2.45) is 0 Å². The highest BCUT2D eigenvalue weighted by Crippen LogP contribution is 2.33. The normalized spacial score (nSPS) is 20.9. The number of rotatable bonds is 1. The average molecular weight is 260 g/mol. The minimum Gasteiger partial charge on any atom is -0.467 e. The van der Waals surface area contributed by atoms with E-state index in [2.05, 4.69) is 30.5 Å². The molecule has 3 rings (SSSR count). The smallest absolute Gasteiger partial charge is 0.258 e. The molecule has 0 bridgehead atoms. The number of amides is 1. The van der Waals surface area contributed by atoms with Crippen LogP contribution in [0, 0.1) is 0 Å². The van der Waals surface area contributed by atoms with E-state index in [0.717, 1.165) is 31.7 Å². The van der Waals surface area contributed by atoms with Gasteiger partial charge in [-0.2, -0.15) is 0 Å². The van der Waals surface area contributed by atoms with Crippen LogP contribution in [-0.2, 0) is 0 Å². The van der Waals surface area contributed by atoms with E-state index >= 15 is 0 Å². The Labute approximate surface area is 113 Å². The van der Waals surface area contributed by atoms with Gasteiger partial charge >= 0.3 is 0 Å². The number of ether oxygens (including phenoxy) is 1. The monoisotopic (exact) mass is 260 g/mol. The zero-order valence-corrected chi connectivity index (χ0v) is 11.5. The number of carbonyl (C=O) groups excluding carboxylic acids is 1. The molecule has 2 aliphatic rings. The Balaban J connectivity index is 1.94. The van der Waals surface area contributed by atoms with Gasteiger partial charge in [0.15, 0.2) is 5.72 Å². The molecular weight excluding hydrogens is 240 g/mol. The predicted molar refractivity (Wildman–Crippen MR) is 73.5 cm³/mol. The van der Waals surface area contributed by atoms with Crippen LogP contribution in [0.25, 0.3) is 0 Å². The van der Waals surface area contributed by atoms with E-state index in [4.69, 9.17) is 4.74 Å². The van der Waals surface area contributed by atoms with Gasteiger partial charge in [-0.05, 0) is 23.6 Å². The van der Waals surface area contributed by atoms with Gasteiger partial charge in [0, 0.05) is 25.9 Å². The molecule has 0 radical (unpaired) electrons. The molecule has 2 N–H and O–H groups in total. The van der Waals surface area contributed by atoms with Crippen LogP contribution in [0.15, 0.2) is 18.2 Å². The molecule has 19 heavy (non-hydrogen) atoms. The van der Waals surface area contributed by atoms with E-state index in [0.29, 0.717) is 11.5 Å². The Hall–Kier alpha value is -1.55. The summed E-state index contributed by atoms with van der Waals surface area (Å²) in [5.74, 6) is 1.12. The van der Waals surface area contributed by atoms with Gasteiger partial charge in [0.2, 0.25) is 0 Å². The summed E-state index contributed by atoms with van der Waals surface area (Å²) in [6.45, 7) is 5.99. The second-order valence-electron chi connectivity index (χ2n) is 5.71. The highest BCUT2D eigenvalue weighted by atomic mass is 16.5. The molecule has 0 atom stereocenters. The summed E-state index contributed by atoms with van der Waals surface area (Å²) in [5.41, 5.74) is 1.32. The molecule has 1 spiro atoms. The topological polar surface area (TPSA) is 50.4 Å². The summed E-state index contributed by atoms with van der Waals surface area (Å²) >= 11 is 0. The molecule has 0 aromatic heterocycles. The fourth-order valence-electron chi connectivity index (χ4n) is 2.74. The van der Waals surface area contributed by atoms with Crippen LogP contribution in [0.1, 0.15) is 48.5 Å². The number of hydrogen-bond donors (Lipinski definition) is 2. The maximum atomic E-state index is 12.3. The molecule has 1 amide bonds. The summed E-state index contributed by atoms with van der Waals surface area (Å²) in [6, 6.07) is 5.94. The Bertz CT molecular complexity index is 505. The maximum absolute atomic E-state index is 12.3. The van der Waals surface area contributed by atoms with Crippen molar-refractivity contribution in [3.8, 4) is 5.75 Å². The van der Waals surface area contributed by atoms with Crippen LogP contribution >= 0.6 is 0 Å². The van der Waals surface area contributed by atoms with Crippen LogP contribution < -0.4 is 15.4 Å². The Kier molecular flexibility index (Phi) is 2.97. The molecule has 1 fully saturated rings. The summed E-state index contributed by atoms with van der Waals surface area (Å²) in [6.07, 6.45) is 1.62. The van der Waals surface area contributed by atoms with Crippen molar-refractivity contribution >= 4 is 5.91 Å². The molecule has 4 heteroatoms. The van der Waals surface area contributed by atoms with Crippen LogP contribution in [0.4, 0.5) is 0 Å². The molecule has 2 aliphatic heterocycles. The van der Waals surface area contributed by atoms with E-state index in [1.54, 1.807) is 0 Å². The fraction of sp³-hybridized carbons (Fsp3) is 0.533. The van der Waals surface area contributed by atoms with Gasteiger partial charge in [-0.1, -0.05) is 19.9 Å². The Morgan fingerprint density at radius 2 is 2.00 bits per heavy atom. The van der Waals surface area contributed by atoms with Crippen molar-refractivity contribution in [3.05, 3.63) is 29.3 Å². The first-order chi connectivity index (χ1) is 9.10. The molecule has 102 valence electrons. The second kappa shape index (κ2) is 4.53. The number of carbonyl (C=O) groups is 1. The first-order valence-corrected chi connectivity index (χ1v) is 6.96. The lowest BCUT2D eigenvalue weighted by molar-refractivity contribution is -0.00355. The SMILES string of the molecule is CC(C)c1ccc2c(c1)C(=O)NC1(CCNCC1)O2. The van der Waals surface area contributed by atoms with E-state index in [-0.39, 0.29) is 5.91 Å². The molecular formula is C15H20N2O2. The largest absolute Gasteiger partial charge is 0.467 e. The molecule has 0 saturated carbocycles. The van der Waals surface area contributed by atoms with Gasteiger partial charge in [0.1, 0.15) is 5.75 Å². The lowest BCUT2D eigenvalue weighted by atomic mass is 9.95. The lowest BCUT2D eigenvalue weighted by Crippen LogP contribution is -2.60. The molecule has 0 aliphatic carbocycles. The highest BCUT2D eigenvalue weighted by Gasteiger charge is 2.40. The summed E-state index contributed by atoms with van der Waals surface area (Å²) < 4.78 is 6.09. The first kappa shape index (κ1) is 12.5. The minimum absolute atomic E-state index is 0.00866. The standard InChI is InChI=1S/C15H20N2O2/c1-10(2)11-3-4-13-12(9-11)14(18)17-15(19-13)5-7-16-8-6-15/h3-4,9-10,16H,5-8H2,1-2H3,(H,17,18). The van der Waals surface area contributed by atoms with Crippen LogP contribution in [-0.4, -0.2) is 24.7 Å². The van der Waals surface area contributed by atoms with Gasteiger partial charge in [0.05, 0.1) is 5.56 Å². The molecule has 1 saturated heterocycles. The first-order valence-electron chi connectivity index (χ1n) is 6.96. The predicted octanol–water partition coefficient (Wildman–Crippen LogP) is 2.01. The zero-order chi connectivity index (χ0) is 13.5.